The SMILES string of the molecule is O=C(CSc1n[nH]c(CC2CCCC2)n1)Nc1ccc(F)c(Cl)c1. The molecule has 0 radical (unpaired) electrons. The number of carbonyl (C=O) groups is 1. The van der Waals surface area contributed by atoms with E-state index in [9.17, 15) is 9.18 Å². The summed E-state index contributed by atoms with van der Waals surface area (Å²) in [5.74, 6) is 1.03. The Balaban J connectivity index is 1.47. The Kier molecular flexibility index (Phi) is 5.73. The summed E-state index contributed by atoms with van der Waals surface area (Å²) in [7, 11) is 0. The first-order chi connectivity index (χ1) is 11.6. The lowest BCUT2D eigenvalue weighted by Crippen LogP contribution is -2.14. The summed E-state index contributed by atoms with van der Waals surface area (Å²) in [6.45, 7) is 0. The van der Waals surface area contributed by atoms with Crippen molar-refractivity contribution in [2.45, 2.75) is 37.3 Å². The summed E-state index contributed by atoms with van der Waals surface area (Å²) >= 11 is 6.95. The van der Waals surface area contributed by atoms with Gasteiger partial charge in [-0.05, 0) is 24.1 Å². The van der Waals surface area contributed by atoms with Gasteiger partial charge in [0.15, 0.2) is 0 Å². The van der Waals surface area contributed by atoms with Gasteiger partial charge in [0.1, 0.15) is 11.6 Å². The van der Waals surface area contributed by atoms with Crippen molar-refractivity contribution in [2.75, 3.05) is 11.1 Å². The van der Waals surface area contributed by atoms with Gasteiger partial charge in [-0.2, -0.15) is 0 Å². The van der Waals surface area contributed by atoms with E-state index in [-0.39, 0.29) is 16.7 Å². The number of hydrogen-bond acceptors (Lipinski definition) is 4. The van der Waals surface area contributed by atoms with Crippen LogP contribution >= 0.6 is 23.4 Å². The topological polar surface area (TPSA) is 70.7 Å². The highest BCUT2D eigenvalue weighted by Crippen LogP contribution is 2.27. The quantitative estimate of drug-likeness (QED) is 0.754. The Morgan fingerprint density at radius 3 is 2.96 bits per heavy atom. The lowest BCUT2D eigenvalue weighted by molar-refractivity contribution is -0.113. The molecule has 0 saturated heterocycles. The maximum atomic E-state index is 13.1. The average Bonchev–Trinajstić information content (AvgIpc) is 3.21. The van der Waals surface area contributed by atoms with Gasteiger partial charge in [0.25, 0.3) is 0 Å². The third kappa shape index (κ3) is 4.70. The molecule has 128 valence electrons. The summed E-state index contributed by atoms with van der Waals surface area (Å²) in [6, 6.07) is 4.07. The molecule has 8 heteroatoms. The number of thioether (sulfide) groups is 1. The van der Waals surface area contributed by atoms with E-state index in [4.69, 9.17) is 11.6 Å². The first kappa shape index (κ1) is 17.2. The summed E-state index contributed by atoms with van der Waals surface area (Å²) in [6.07, 6.45) is 6.04. The monoisotopic (exact) mass is 368 g/mol. The van der Waals surface area contributed by atoms with Crippen molar-refractivity contribution in [3.63, 3.8) is 0 Å². The highest BCUT2D eigenvalue weighted by molar-refractivity contribution is 7.99. The molecule has 1 fully saturated rings. The van der Waals surface area contributed by atoms with Crippen molar-refractivity contribution in [3.8, 4) is 0 Å². The second kappa shape index (κ2) is 7.98. The van der Waals surface area contributed by atoms with Crippen LogP contribution < -0.4 is 5.32 Å². The third-order valence-corrected chi connectivity index (χ3v) is 5.14. The number of rotatable bonds is 6. The highest BCUT2D eigenvalue weighted by Gasteiger charge is 2.17. The number of aromatic nitrogens is 3. The summed E-state index contributed by atoms with van der Waals surface area (Å²) < 4.78 is 13.1. The maximum Gasteiger partial charge on any atom is 0.234 e. The fourth-order valence-corrected chi connectivity index (χ4v) is 3.62. The standard InChI is InChI=1S/C16H18ClFN4OS/c17-12-8-11(5-6-13(12)18)19-15(23)9-24-16-20-14(21-22-16)7-10-3-1-2-4-10/h5-6,8,10H,1-4,7,9H2,(H,19,23)(H,20,21,22). The number of amides is 1. The fourth-order valence-electron chi connectivity index (χ4n) is 2.82. The normalized spacial score (nSPS) is 14.9. The molecule has 1 aliphatic rings. The van der Waals surface area contributed by atoms with Crippen molar-refractivity contribution >= 4 is 35.0 Å². The molecule has 3 rings (SSSR count). The molecule has 0 spiro atoms. The van der Waals surface area contributed by atoms with Gasteiger partial charge >= 0.3 is 0 Å². The molecule has 1 amide bonds. The predicted octanol–water partition coefficient (Wildman–Crippen LogP) is 4.06. The average molecular weight is 369 g/mol. The van der Waals surface area contributed by atoms with Crippen LogP contribution in [0.5, 0.6) is 0 Å². The lowest BCUT2D eigenvalue weighted by Gasteiger charge is -2.05. The zero-order valence-corrected chi connectivity index (χ0v) is 14.6. The van der Waals surface area contributed by atoms with Crippen LogP contribution in [0.4, 0.5) is 10.1 Å². The van der Waals surface area contributed by atoms with Gasteiger partial charge in [0.2, 0.25) is 11.1 Å². The van der Waals surface area contributed by atoms with Crippen LogP contribution in [0.15, 0.2) is 23.4 Å². The summed E-state index contributed by atoms with van der Waals surface area (Å²) in [4.78, 5) is 16.4. The van der Waals surface area contributed by atoms with E-state index in [2.05, 4.69) is 20.5 Å². The Bertz CT molecular complexity index is 718. The molecule has 1 aliphatic carbocycles. The number of halogens is 2. The van der Waals surface area contributed by atoms with Gasteiger partial charge in [0, 0.05) is 12.1 Å². The molecule has 2 aromatic rings. The minimum absolute atomic E-state index is 0.0222. The Morgan fingerprint density at radius 2 is 2.21 bits per heavy atom. The lowest BCUT2D eigenvalue weighted by atomic mass is 10.0. The Hall–Kier alpha value is -1.60. The van der Waals surface area contributed by atoms with E-state index in [1.807, 2.05) is 0 Å². The van der Waals surface area contributed by atoms with Crippen LogP contribution in [0.2, 0.25) is 5.02 Å². The summed E-state index contributed by atoms with van der Waals surface area (Å²) in [5, 5.41) is 10.3. The molecule has 5 nitrogen and oxygen atoms in total. The Morgan fingerprint density at radius 1 is 1.42 bits per heavy atom. The van der Waals surface area contributed by atoms with E-state index < -0.39 is 5.82 Å². The Labute approximate surface area is 148 Å². The van der Waals surface area contributed by atoms with Crippen molar-refractivity contribution in [1.29, 1.82) is 0 Å². The summed E-state index contributed by atoms with van der Waals surface area (Å²) in [5.41, 5.74) is 0.462. The minimum Gasteiger partial charge on any atom is -0.325 e. The number of nitrogens with one attached hydrogen (secondary N) is 2. The van der Waals surface area contributed by atoms with Gasteiger partial charge in [-0.25, -0.2) is 9.37 Å². The molecule has 0 unspecified atom stereocenters. The first-order valence-corrected chi connectivity index (χ1v) is 9.25. The highest BCUT2D eigenvalue weighted by atomic mass is 35.5. The number of aromatic amines is 1. The van der Waals surface area contributed by atoms with Gasteiger partial charge in [-0.1, -0.05) is 49.0 Å². The molecule has 24 heavy (non-hydrogen) atoms. The molecule has 0 aliphatic heterocycles. The van der Waals surface area contributed by atoms with E-state index in [1.165, 1.54) is 55.6 Å². The maximum absolute atomic E-state index is 13.1. The van der Waals surface area contributed by atoms with Crippen LogP contribution in [0.3, 0.4) is 0 Å². The molecule has 0 bridgehead atoms. The molecular weight excluding hydrogens is 351 g/mol. The molecule has 1 aromatic carbocycles. The molecule has 2 N–H and O–H groups in total. The van der Waals surface area contributed by atoms with Crippen LogP contribution in [-0.2, 0) is 11.2 Å². The van der Waals surface area contributed by atoms with Crippen LogP contribution in [0, 0.1) is 11.7 Å². The fraction of sp³-hybridized carbons (Fsp3) is 0.438. The van der Waals surface area contributed by atoms with Crippen molar-refractivity contribution < 1.29 is 9.18 Å². The van der Waals surface area contributed by atoms with Crippen LogP contribution in [-0.4, -0.2) is 26.8 Å². The van der Waals surface area contributed by atoms with Gasteiger partial charge in [-0.15, -0.1) is 5.10 Å². The van der Waals surface area contributed by atoms with E-state index in [1.54, 1.807) is 0 Å². The van der Waals surface area contributed by atoms with Crippen molar-refractivity contribution in [2.24, 2.45) is 5.92 Å². The molecule has 1 saturated carbocycles. The van der Waals surface area contributed by atoms with E-state index in [0.717, 1.165) is 12.2 Å². The van der Waals surface area contributed by atoms with Gasteiger partial charge in [-0.3, -0.25) is 9.89 Å². The number of anilines is 1. The van der Waals surface area contributed by atoms with Crippen LogP contribution in [0.25, 0.3) is 0 Å². The molecule has 1 heterocycles. The van der Waals surface area contributed by atoms with Crippen molar-refractivity contribution in [3.05, 3.63) is 34.9 Å². The molecule has 1 aromatic heterocycles. The number of benzene rings is 1. The number of H-pyrrole nitrogens is 1. The largest absolute Gasteiger partial charge is 0.325 e. The van der Waals surface area contributed by atoms with E-state index in [0.29, 0.717) is 16.8 Å². The smallest absolute Gasteiger partial charge is 0.234 e. The van der Waals surface area contributed by atoms with Crippen LogP contribution in [0.1, 0.15) is 31.5 Å². The van der Waals surface area contributed by atoms with Gasteiger partial charge in [0.05, 0.1) is 10.8 Å². The number of hydrogen-bond donors (Lipinski definition) is 2. The molecular formula is C16H18ClFN4OS. The zero-order chi connectivity index (χ0) is 16.9. The van der Waals surface area contributed by atoms with Gasteiger partial charge < -0.3 is 5.32 Å². The van der Waals surface area contributed by atoms with Crippen molar-refractivity contribution in [1.82, 2.24) is 15.2 Å². The minimum atomic E-state index is -0.514. The third-order valence-electron chi connectivity index (χ3n) is 4.00. The molecule has 0 atom stereocenters. The second-order valence-corrected chi connectivity index (χ2v) is 7.23. The second-order valence-electron chi connectivity index (χ2n) is 5.89. The first-order valence-electron chi connectivity index (χ1n) is 7.89. The number of carbonyl (C=O) groups excluding carboxylic acids is 1. The predicted molar refractivity (Wildman–Crippen MR) is 92.8 cm³/mol. The zero-order valence-electron chi connectivity index (χ0n) is 13.0. The number of nitrogens with zero attached hydrogens (tertiary/aromatic N) is 2. The van der Waals surface area contributed by atoms with E-state index >= 15 is 0 Å².